The highest BCUT2D eigenvalue weighted by Gasteiger charge is 2.29. The van der Waals surface area contributed by atoms with Gasteiger partial charge in [-0.25, -0.2) is 0 Å². The van der Waals surface area contributed by atoms with Crippen molar-refractivity contribution in [2.45, 2.75) is 58.9 Å². The summed E-state index contributed by atoms with van der Waals surface area (Å²) < 4.78 is 0. The van der Waals surface area contributed by atoms with Crippen molar-refractivity contribution < 1.29 is 0 Å². The predicted octanol–water partition coefficient (Wildman–Crippen LogP) is 4.79. The molecule has 18 heavy (non-hydrogen) atoms. The molecule has 1 aromatic heterocycles. The zero-order valence-corrected chi connectivity index (χ0v) is 12.9. The monoisotopic (exact) mass is 265 g/mol. The summed E-state index contributed by atoms with van der Waals surface area (Å²) in [6.45, 7) is 8.01. The Morgan fingerprint density at radius 2 is 2.22 bits per heavy atom. The molecule has 3 unspecified atom stereocenters. The predicted molar refractivity (Wildman–Crippen MR) is 81.2 cm³/mol. The molecule has 0 aromatic carbocycles. The molecule has 2 rings (SSSR count). The van der Waals surface area contributed by atoms with E-state index in [0.29, 0.717) is 6.04 Å². The first-order chi connectivity index (χ1) is 8.76. The van der Waals surface area contributed by atoms with Gasteiger partial charge >= 0.3 is 0 Å². The van der Waals surface area contributed by atoms with Crippen molar-refractivity contribution >= 4 is 11.3 Å². The molecule has 0 radical (unpaired) electrons. The Balaban J connectivity index is 2.16. The summed E-state index contributed by atoms with van der Waals surface area (Å²) in [5.41, 5.74) is 1.56. The molecular weight excluding hydrogens is 238 g/mol. The van der Waals surface area contributed by atoms with Crippen LogP contribution in [0.3, 0.4) is 0 Å². The minimum absolute atomic E-state index is 0.604. The summed E-state index contributed by atoms with van der Waals surface area (Å²) in [6.07, 6.45) is 6.83. The van der Waals surface area contributed by atoms with Crippen molar-refractivity contribution in [1.29, 1.82) is 0 Å². The maximum atomic E-state index is 3.76. The molecule has 1 N–H and O–H groups in total. The Kier molecular flexibility index (Phi) is 5.25. The summed E-state index contributed by atoms with van der Waals surface area (Å²) >= 11 is 1.95. The highest BCUT2D eigenvalue weighted by molar-refractivity contribution is 7.10. The second-order valence-corrected chi connectivity index (χ2v) is 6.68. The quantitative estimate of drug-likeness (QED) is 0.807. The third-order valence-electron chi connectivity index (χ3n) is 4.32. The van der Waals surface area contributed by atoms with Crippen LogP contribution in [-0.2, 0) is 6.42 Å². The van der Waals surface area contributed by atoms with E-state index in [0.717, 1.165) is 18.4 Å². The molecule has 1 heterocycles. The number of hydrogen-bond acceptors (Lipinski definition) is 2. The molecular formula is C16H27NS. The molecule has 1 aliphatic carbocycles. The van der Waals surface area contributed by atoms with Crippen LogP contribution in [0, 0.1) is 11.8 Å². The van der Waals surface area contributed by atoms with E-state index in [-0.39, 0.29) is 0 Å². The van der Waals surface area contributed by atoms with E-state index in [1.165, 1.54) is 32.1 Å². The lowest BCUT2D eigenvalue weighted by Gasteiger charge is -2.34. The number of nitrogens with one attached hydrogen (secondary N) is 1. The SMILES string of the molecule is CCNC(c1sccc1CC)C1CCCC(C)C1. The lowest BCUT2D eigenvalue weighted by molar-refractivity contribution is 0.227. The van der Waals surface area contributed by atoms with Crippen LogP contribution in [0.15, 0.2) is 11.4 Å². The van der Waals surface area contributed by atoms with Gasteiger partial charge in [-0.05, 0) is 54.7 Å². The molecule has 0 aliphatic heterocycles. The van der Waals surface area contributed by atoms with E-state index in [1.807, 2.05) is 11.3 Å². The van der Waals surface area contributed by atoms with Crippen molar-refractivity contribution in [3.05, 3.63) is 21.9 Å². The van der Waals surface area contributed by atoms with Gasteiger partial charge in [0.25, 0.3) is 0 Å². The van der Waals surface area contributed by atoms with Gasteiger partial charge in [0.2, 0.25) is 0 Å². The molecule has 102 valence electrons. The van der Waals surface area contributed by atoms with Gasteiger partial charge < -0.3 is 5.32 Å². The highest BCUT2D eigenvalue weighted by atomic mass is 32.1. The van der Waals surface area contributed by atoms with Gasteiger partial charge in [-0.1, -0.05) is 33.6 Å². The largest absolute Gasteiger partial charge is 0.309 e. The molecule has 0 bridgehead atoms. The van der Waals surface area contributed by atoms with Crippen LogP contribution in [0.25, 0.3) is 0 Å². The van der Waals surface area contributed by atoms with Crippen molar-refractivity contribution in [2.24, 2.45) is 11.8 Å². The zero-order valence-electron chi connectivity index (χ0n) is 12.0. The van der Waals surface area contributed by atoms with Crippen LogP contribution in [0.2, 0.25) is 0 Å². The summed E-state index contributed by atoms with van der Waals surface area (Å²) in [4.78, 5) is 1.61. The molecule has 1 aliphatic rings. The number of thiophene rings is 1. The fraction of sp³-hybridized carbons (Fsp3) is 0.750. The first kappa shape index (κ1) is 14.1. The Morgan fingerprint density at radius 1 is 1.39 bits per heavy atom. The van der Waals surface area contributed by atoms with Crippen LogP contribution in [0.5, 0.6) is 0 Å². The van der Waals surface area contributed by atoms with Gasteiger partial charge in [0.1, 0.15) is 0 Å². The first-order valence-electron chi connectivity index (χ1n) is 7.55. The second-order valence-electron chi connectivity index (χ2n) is 5.73. The van der Waals surface area contributed by atoms with Crippen molar-refractivity contribution in [3.63, 3.8) is 0 Å². The second kappa shape index (κ2) is 6.72. The summed E-state index contributed by atoms with van der Waals surface area (Å²) in [6, 6.07) is 2.92. The average molecular weight is 265 g/mol. The Hall–Kier alpha value is -0.340. The van der Waals surface area contributed by atoms with E-state index in [9.17, 15) is 0 Å². The standard InChI is InChI=1S/C16H27NS/c1-4-13-9-10-18-16(13)15(17-5-2)14-8-6-7-12(3)11-14/h9-10,12,14-15,17H,4-8,11H2,1-3H3. The third kappa shape index (κ3) is 3.16. The van der Waals surface area contributed by atoms with Crippen molar-refractivity contribution in [1.82, 2.24) is 5.32 Å². The molecule has 0 saturated heterocycles. The van der Waals surface area contributed by atoms with Crippen LogP contribution in [0.4, 0.5) is 0 Å². The zero-order chi connectivity index (χ0) is 13.0. The van der Waals surface area contributed by atoms with Crippen LogP contribution in [-0.4, -0.2) is 6.54 Å². The molecule has 0 spiro atoms. The van der Waals surface area contributed by atoms with Crippen LogP contribution >= 0.6 is 11.3 Å². The summed E-state index contributed by atoms with van der Waals surface area (Å²) in [5.74, 6) is 1.76. The van der Waals surface area contributed by atoms with E-state index >= 15 is 0 Å². The molecule has 1 aromatic rings. The third-order valence-corrected chi connectivity index (χ3v) is 5.36. The van der Waals surface area contributed by atoms with Gasteiger partial charge in [0.05, 0.1) is 0 Å². The average Bonchev–Trinajstić information content (AvgIpc) is 2.84. The highest BCUT2D eigenvalue weighted by Crippen LogP contribution is 2.39. The molecule has 1 fully saturated rings. The van der Waals surface area contributed by atoms with E-state index in [1.54, 1.807) is 10.4 Å². The fourth-order valence-corrected chi connectivity index (χ4v) is 4.55. The minimum atomic E-state index is 0.604. The normalized spacial score (nSPS) is 26.2. The van der Waals surface area contributed by atoms with Crippen molar-refractivity contribution in [2.75, 3.05) is 6.54 Å². The molecule has 2 heteroatoms. The van der Waals surface area contributed by atoms with Crippen molar-refractivity contribution in [3.8, 4) is 0 Å². The lowest BCUT2D eigenvalue weighted by atomic mass is 9.77. The fourth-order valence-electron chi connectivity index (χ4n) is 3.39. The Bertz CT molecular complexity index is 358. The van der Waals surface area contributed by atoms with Crippen LogP contribution < -0.4 is 5.32 Å². The van der Waals surface area contributed by atoms with E-state index < -0.39 is 0 Å². The molecule has 1 nitrogen and oxygen atoms in total. The summed E-state index contributed by atoms with van der Waals surface area (Å²) in [5, 5.41) is 6.03. The Morgan fingerprint density at radius 3 is 2.89 bits per heavy atom. The number of aryl methyl sites for hydroxylation is 1. The van der Waals surface area contributed by atoms with Gasteiger partial charge in [-0.2, -0.15) is 0 Å². The molecule has 0 amide bonds. The topological polar surface area (TPSA) is 12.0 Å². The van der Waals surface area contributed by atoms with E-state index in [2.05, 4.69) is 37.5 Å². The maximum Gasteiger partial charge on any atom is 0.0446 e. The van der Waals surface area contributed by atoms with Gasteiger partial charge in [-0.15, -0.1) is 11.3 Å². The summed E-state index contributed by atoms with van der Waals surface area (Å²) in [7, 11) is 0. The van der Waals surface area contributed by atoms with Gasteiger partial charge in [0, 0.05) is 10.9 Å². The van der Waals surface area contributed by atoms with Gasteiger partial charge in [0.15, 0.2) is 0 Å². The molecule has 1 saturated carbocycles. The lowest BCUT2D eigenvalue weighted by Crippen LogP contribution is -2.31. The van der Waals surface area contributed by atoms with Crippen LogP contribution in [0.1, 0.15) is 62.9 Å². The smallest absolute Gasteiger partial charge is 0.0446 e. The minimum Gasteiger partial charge on any atom is -0.309 e. The maximum absolute atomic E-state index is 3.76. The number of hydrogen-bond donors (Lipinski definition) is 1. The first-order valence-corrected chi connectivity index (χ1v) is 8.43. The Labute approximate surface area is 116 Å². The van der Waals surface area contributed by atoms with E-state index in [4.69, 9.17) is 0 Å². The number of rotatable bonds is 5. The van der Waals surface area contributed by atoms with Gasteiger partial charge in [-0.3, -0.25) is 0 Å². The molecule has 3 atom stereocenters.